The maximum Gasteiger partial charge on any atom is 0.288 e. The van der Waals surface area contributed by atoms with Gasteiger partial charge in [-0.3, -0.25) is 9.78 Å². The summed E-state index contributed by atoms with van der Waals surface area (Å²) in [6.07, 6.45) is 1.48. The lowest BCUT2D eigenvalue weighted by Gasteiger charge is -2.10. The van der Waals surface area contributed by atoms with Crippen LogP contribution in [-0.4, -0.2) is 16.6 Å². The lowest BCUT2D eigenvalue weighted by Crippen LogP contribution is -2.13. The summed E-state index contributed by atoms with van der Waals surface area (Å²) in [4.78, 5) is 16.5. The average molecular weight is 309 g/mol. The van der Waals surface area contributed by atoms with Crippen LogP contribution in [-0.2, 0) is 6.54 Å². The van der Waals surface area contributed by atoms with E-state index in [1.54, 1.807) is 24.3 Å². The van der Waals surface area contributed by atoms with E-state index in [9.17, 15) is 13.6 Å². The molecule has 0 saturated carbocycles. The summed E-state index contributed by atoms with van der Waals surface area (Å²) in [5, 5.41) is 2.62. The van der Waals surface area contributed by atoms with Gasteiger partial charge in [-0.1, -0.05) is 23.9 Å². The molecule has 0 saturated heterocycles. The number of pyridine rings is 1. The summed E-state index contributed by atoms with van der Waals surface area (Å²) >= 11 is 0.389. The Kier molecular flexibility index (Phi) is 5.24. The second-order valence-corrected chi connectivity index (χ2v) is 5.10. The second-order valence-electron chi connectivity index (χ2n) is 4.07. The molecule has 2 aromatic rings. The molecule has 2 rings (SSSR count). The first-order valence-corrected chi connectivity index (χ1v) is 6.98. The van der Waals surface area contributed by atoms with Gasteiger partial charge in [-0.2, -0.15) is 8.78 Å². The van der Waals surface area contributed by atoms with Crippen molar-refractivity contribution in [3.8, 4) is 0 Å². The number of thioether (sulfide) groups is 1. The van der Waals surface area contributed by atoms with E-state index in [4.69, 9.17) is 5.73 Å². The molecule has 0 spiro atoms. The maximum atomic E-state index is 12.5. The fourth-order valence-corrected chi connectivity index (χ4v) is 2.29. The summed E-state index contributed by atoms with van der Waals surface area (Å²) < 4.78 is 25.0. The zero-order chi connectivity index (χ0) is 15.2. The second kappa shape index (κ2) is 7.14. The fraction of sp³-hybridized carbons (Fsp3) is 0.143. The Morgan fingerprint density at radius 3 is 2.81 bits per heavy atom. The van der Waals surface area contributed by atoms with Crippen LogP contribution in [0.3, 0.4) is 0 Å². The number of para-hydroxylation sites is 1. The molecule has 21 heavy (non-hydrogen) atoms. The Bertz CT molecular complexity index is 637. The number of hydrogen-bond acceptors (Lipinski definition) is 4. The first kappa shape index (κ1) is 15.4. The molecule has 110 valence electrons. The summed E-state index contributed by atoms with van der Waals surface area (Å²) in [6, 6.07) is 9.52. The number of nitrogens with zero attached hydrogens (tertiary/aromatic N) is 1. The van der Waals surface area contributed by atoms with Crippen LogP contribution in [0.4, 0.5) is 14.5 Å². The molecule has 4 nitrogen and oxygen atoms in total. The Balaban J connectivity index is 2.19. The van der Waals surface area contributed by atoms with Crippen LogP contribution >= 0.6 is 11.8 Å². The average Bonchev–Trinajstić information content (AvgIpc) is 2.48. The number of hydrogen-bond donors (Lipinski definition) is 2. The highest BCUT2D eigenvalue weighted by Crippen LogP contribution is 2.31. The van der Waals surface area contributed by atoms with Gasteiger partial charge in [0.2, 0.25) is 0 Å². The lowest BCUT2D eigenvalue weighted by atomic mass is 10.2. The summed E-state index contributed by atoms with van der Waals surface area (Å²) in [7, 11) is 0. The quantitative estimate of drug-likeness (QED) is 0.833. The molecule has 3 N–H and O–H groups in total. The molecule has 0 radical (unpaired) electrons. The van der Waals surface area contributed by atoms with Crippen molar-refractivity contribution in [2.45, 2.75) is 17.2 Å². The van der Waals surface area contributed by atoms with Gasteiger partial charge in [0.1, 0.15) is 0 Å². The number of carbonyl (C=O) groups excluding carboxylic acids is 1. The third-order valence-electron chi connectivity index (χ3n) is 2.64. The molecule has 1 aromatic carbocycles. The number of amides is 1. The zero-order valence-electron chi connectivity index (χ0n) is 10.9. The molecular formula is C14H13F2N3OS. The summed E-state index contributed by atoms with van der Waals surface area (Å²) in [5.41, 5.74) is 6.77. The van der Waals surface area contributed by atoms with E-state index in [1.807, 2.05) is 0 Å². The number of rotatable bonds is 5. The van der Waals surface area contributed by atoms with E-state index in [-0.39, 0.29) is 6.54 Å². The van der Waals surface area contributed by atoms with Crippen molar-refractivity contribution in [2.75, 3.05) is 5.32 Å². The van der Waals surface area contributed by atoms with E-state index >= 15 is 0 Å². The molecule has 0 fully saturated rings. The van der Waals surface area contributed by atoms with E-state index in [1.165, 1.54) is 18.3 Å². The maximum absolute atomic E-state index is 12.5. The number of nitrogens with two attached hydrogens (primary N) is 1. The first-order valence-electron chi connectivity index (χ1n) is 6.10. The van der Waals surface area contributed by atoms with Crippen LogP contribution in [0.1, 0.15) is 16.1 Å². The van der Waals surface area contributed by atoms with Crippen LogP contribution in [0, 0.1) is 0 Å². The van der Waals surface area contributed by atoms with Gasteiger partial charge in [0.15, 0.2) is 0 Å². The molecule has 0 unspecified atom stereocenters. The van der Waals surface area contributed by atoms with Gasteiger partial charge in [-0.15, -0.1) is 0 Å². The van der Waals surface area contributed by atoms with Crippen molar-refractivity contribution in [3.63, 3.8) is 0 Å². The lowest BCUT2D eigenvalue weighted by molar-refractivity contribution is 0.102. The minimum atomic E-state index is -2.55. The fourth-order valence-electron chi connectivity index (χ4n) is 1.69. The summed E-state index contributed by atoms with van der Waals surface area (Å²) in [5.74, 6) is -2.94. The van der Waals surface area contributed by atoms with Crippen LogP contribution < -0.4 is 11.1 Å². The molecule has 7 heteroatoms. The van der Waals surface area contributed by atoms with Crippen LogP contribution in [0.2, 0.25) is 0 Å². The smallest absolute Gasteiger partial charge is 0.288 e. The van der Waals surface area contributed by atoms with Crippen molar-refractivity contribution in [1.82, 2.24) is 4.98 Å². The van der Waals surface area contributed by atoms with Crippen LogP contribution in [0.15, 0.2) is 47.5 Å². The molecule has 0 aliphatic rings. The predicted octanol–water partition coefficient (Wildman–Crippen LogP) is 3.11. The Labute approximate surface area is 124 Å². The number of benzene rings is 1. The molecule has 1 heterocycles. The van der Waals surface area contributed by atoms with Crippen LogP contribution in [0.25, 0.3) is 0 Å². The van der Waals surface area contributed by atoms with Crippen molar-refractivity contribution < 1.29 is 13.6 Å². The highest BCUT2D eigenvalue weighted by atomic mass is 32.2. The topological polar surface area (TPSA) is 68.0 Å². The summed E-state index contributed by atoms with van der Waals surface area (Å²) in [6.45, 7) is 0.221. The Morgan fingerprint density at radius 2 is 2.10 bits per heavy atom. The number of anilines is 1. The number of alkyl halides is 2. The SMILES string of the molecule is NCc1cc(C(=O)Nc2ccccc2SC(F)F)ccn1. The predicted molar refractivity (Wildman–Crippen MR) is 78.4 cm³/mol. The Hall–Kier alpha value is -1.99. The van der Waals surface area contributed by atoms with E-state index in [0.29, 0.717) is 33.6 Å². The molecule has 0 aliphatic carbocycles. The number of aromatic nitrogens is 1. The standard InChI is InChI=1S/C14H13F2N3OS/c15-14(16)21-12-4-2-1-3-11(12)19-13(20)9-5-6-18-10(7-9)8-17/h1-7,14H,8,17H2,(H,19,20). The van der Waals surface area contributed by atoms with Gasteiger partial charge in [0.25, 0.3) is 11.7 Å². The highest BCUT2D eigenvalue weighted by Gasteiger charge is 2.13. The molecule has 1 aromatic heterocycles. The van der Waals surface area contributed by atoms with Gasteiger partial charge < -0.3 is 11.1 Å². The van der Waals surface area contributed by atoms with Crippen molar-refractivity contribution in [2.24, 2.45) is 5.73 Å². The van der Waals surface area contributed by atoms with Crippen molar-refractivity contribution in [3.05, 3.63) is 53.9 Å². The van der Waals surface area contributed by atoms with Gasteiger partial charge >= 0.3 is 0 Å². The molecule has 0 bridgehead atoms. The van der Waals surface area contributed by atoms with Crippen LogP contribution in [0.5, 0.6) is 0 Å². The van der Waals surface area contributed by atoms with Crippen molar-refractivity contribution in [1.29, 1.82) is 0 Å². The van der Waals surface area contributed by atoms with E-state index < -0.39 is 11.7 Å². The van der Waals surface area contributed by atoms with E-state index in [0.717, 1.165) is 0 Å². The minimum Gasteiger partial charge on any atom is -0.325 e. The molecule has 1 amide bonds. The zero-order valence-corrected chi connectivity index (χ0v) is 11.7. The van der Waals surface area contributed by atoms with Gasteiger partial charge in [0.05, 0.1) is 11.4 Å². The number of nitrogens with one attached hydrogen (secondary N) is 1. The van der Waals surface area contributed by atoms with Gasteiger partial charge in [0, 0.05) is 23.2 Å². The number of halogens is 2. The molecule has 0 atom stereocenters. The highest BCUT2D eigenvalue weighted by molar-refractivity contribution is 7.99. The normalized spacial score (nSPS) is 10.7. The molecular weight excluding hydrogens is 296 g/mol. The Morgan fingerprint density at radius 1 is 1.33 bits per heavy atom. The molecule has 0 aliphatic heterocycles. The third-order valence-corrected chi connectivity index (χ3v) is 3.43. The third kappa shape index (κ3) is 4.24. The van der Waals surface area contributed by atoms with Gasteiger partial charge in [-0.25, -0.2) is 0 Å². The van der Waals surface area contributed by atoms with E-state index in [2.05, 4.69) is 10.3 Å². The number of carbonyl (C=O) groups is 1. The monoisotopic (exact) mass is 309 g/mol. The van der Waals surface area contributed by atoms with Crippen molar-refractivity contribution >= 4 is 23.4 Å². The first-order chi connectivity index (χ1) is 10.1. The van der Waals surface area contributed by atoms with Gasteiger partial charge in [-0.05, 0) is 24.3 Å². The minimum absolute atomic E-state index is 0.221. The largest absolute Gasteiger partial charge is 0.325 e.